The zero-order chi connectivity index (χ0) is 13.2. The molecule has 19 heavy (non-hydrogen) atoms. The molecule has 0 radical (unpaired) electrons. The monoisotopic (exact) mass is 275 g/mol. The zero-order valence-corrected chi connectivity index (χ0v) is 11.5. The molecule has 1 aromatic heterocycles. The lowest BCUT2D eigenvalue weighted by Crippen LogP contribution is -2.25. The van der Waals surface area contributed by atoms with Gasteiger partial charge in [0.25, 0.3) is 0 Å². The second-order valence-electron chi connectivity index (χ2n) is 5.19. The number of nitrogens with one attached hydrogen (secondary N) is 1. The number of thiophene rings is 1. The Labute approximate surface area is 116 Å². The molecule has 0 saturated heterocycles. The molecular weight excluding hydrogens is 258 g/mol. The van der Waals surface area contributed by atoms with Crippen LogP contribution in [0.3, 0.4) is 0 Å². The van der Waals surface area contributed by atoms with Crippen LogP contribution in [0.4, 0.5) is 0 Å². The molecule has 0 unspecified atom stereocenters. The van der Waals surface area contributed by atoms with Gasteiger partial charge in [-0.1, -0.05) is 0 Å². The van der Waals surface area contributed by atoms with Gasteiger partial charge in [0.15, 0.2) is 0 Å². The van der Waals surface area contributed by atoms with Crippen LogP contribution in [0.2, 0.25) is 0 Å². The zero-order valence-electron chi connectivity index (χ0n) is 10.7. The number of hydrogen-bond acceptors (Lipinski definition) is 3. The van der Waals surface area contributed by atoms with Gasteiger partial charge in [-0.25, -0.2) is 0 Å². The molecule has 0 aliphatic heterocycles. The van der Waals surface area contributed by atoms with Crippen LogP contribution < -0.4 is 5.32 Å². The number of aromatic hydroxyl groups is 1. The molecule has 3 nitrogen and oxygen atoms in total. The van der Waals surface area contributed by atoms with Crippen LogP contribution in [0.15, 0.2) is 23.6 Å². The predicted octanol–water partition coefficient (Wildman–Crippen LogP) is 3.07. The molecule has 1 saturated carbocycles. The van der Waals surface area contributed by atoms with Crippen LogP contribution in [0.1, 0.15) is 24.8 Å². The third kappa shape index (κ3) is 3.07. The molecule has 0 atom stereocenters. The number of carbonyl (C=O) groups excluding carboxylic acids is 1. The Balaban J connectivity index is 1.58. The summed E-state index contributed by atoms with van der Waals surface area (Å²) >= 11 is 1.68. The Morgan fingerprint density at radius 1 is 1.42 bits per heavy atom. The number of carbonyl (C=O) groups is 1. The summed E-state index contributed by atoms with van der Waals surface area (Å²) in [6.07, 6.45) is 3.93. The second kappa shape index (κ2) is 5.21. The first-order chi connectivity index (χ1) is 9.22. The molecule has 3 rings (SSSR count). The van der Waals surface area contributed by atoms with Crippen molar-refractivity contribution in [1.82, 2.24) is 5.32 Å². The van der Waals surface area contributed by atoms with E-state index in [1.165, 1.54) is 23.1 Å². The van der Waals surface area contributed by atoms with Crippen molar-refractivity contribution in [2.24, 2.45) is 5.92 Å². The van der Waals surface area contributed by atoms with Gasteiger partial charge >= 0.3 is 0 Å². The van der Waals surface area contributed by atoms with E-state index in [2.05, 4.69) is 10.7 Å². The van der Waals surface area contributed by atoms with Crippen molar-refractivity contribution in [2.45, 2.75) is 25.7 Å². The summed E-state index contributed by atoms with van der Waals surface area (Å²) in [6.45, 7) is 0.674. The average molecular weight is 275 g/mol. The van der Waals surface area contributed by atoms with E-state index in [1.54, 1.807) is 23.5 Å². The van der Waals surface area contributed by atoms with Crippen LogP contribution in [0.25, 0.3) is 10.1 Å². The minimum absolute atomic E-state index is 0.171. The maximum Gasteiger partial charge on any atom is 0.220 e. The van der Waals surface area contributed by atoms with Crippen molar-refractivity contribution >= 4 is 27.3 Å². The minimum Gasteiger partial charge on any atom is -0.508 e. The first-order valence-corrected chi connectivity index (χ1v) is 7.56. The van der Waals surface area contributed by atoms with Gasteiger partial charge < -0.3 is 10.4 Å². The fourth-order valence-electron chi connectivity index (χ4n) is 2.26. The molecule has 1 amide bonds. The molecule has 2 N–H and O–H groups in total. The number of rotatable bonds is 5. The highest BCUT2D eigenvalue weighted by Gasteiger charge is 2.23. The molecule has 1 aliphatic rings. The topological polar surface area (TPSA) is 49.3 Å². The third-order valence-electron chi connectivity index (χ3n) is 3.52. The summed E-state index contributed by atoms with van der Waals surface area (Å²) in [4.78, 5) is 11.6. The van der Waals surface area contributed by atoms with Crippen molar-refractivity contribution in [2.75, 3.05) is 6.54 Å². The van der Waals surface area contributed by atoms with E-state index in [0.29, 0.717) is 24.6 Å². The standard InChI is InChI=1S/C15H17NO2S/c17-12-3-4-14-13(8-12)11(9-19-14)5-6-16-15(18)7-10-1-2-10/h3-4,8-10,17H,1-2,5-7H2,(H,16,18). The number of amides is 1. The predicted molar refractivity (Wildman–Crippen MR) is 77.5 cm³/mol. The number of fused-ring (bicyclic) bond motifs is 1. The van der Waals surface area contributed by atoms with E-state index in [0.717, 1.165) is 11.8 Å². The van der Waals surface area contributed by atoms with Gasteiger partial charge in [-0.15, -0.1) is 11.3 Å². The molecule has 2 aromatic rings. The Bertz CT molecular complexity index is 601. The van der Waals surface area contributed by atoms with E-state index in [4.69, 9.17) is 0 Å². The number of phenolic OH excluding ortho intramolecular Hbond substituents is 1. The Morgan fingerprint density at radius 2 is 2.26 bits per heavy atom. The second-order valence-corrected chi connectivity index (χ2v) is 6.10. The molecule has 0 spiro atoms. The van der Waals surface area contributed by atoms with Crippen molar-refractivity contribution in [3.8, 4) is 5.75 Å². The van der Waals surface area contributed by atoms with Crippen molar-refractivity contribution in [3.63, 3.8) is 0 Å². The van der Waals surface area contributed by atoms with Gasteiger partial charge in [-0.2, -0.15) is 0 Å². The Kier molecular flexibility index (Phi) is 3.42. The maximum atomic E-state index is 11.6. The summed E-state index contributed by atoms with van der Waals surface area (Å²) < 4.78 is 1.18. The molecule has 1 aliphatic carbocycles. The van der Waals surface area contributed by atoms with E-state index in [1.807, 2.05) is 6.07 Å². The van der Waals surface area contributed by atoms with Gasteiger partial charge in [0.2, 0.25) is 5.91 Å². The van der Waals surface area contributed by atoms with Gasteiger partial charge in [0.05, 0.1) is 0 Å². The average Bonchev–Trinajstić information content (AvgIpc) is 3.10. The summed E-state index contributed by atoms with van der Waals surface area (Å²) in [5, 5.41) is 15.7. The summed E-state index contributed by atoms with van der Waals surface area (Å²) in [6, 6.07) is 5.44. The summed E-state index contributed by atoms with van der Waals surface area (Å²) in [7, 11) is 0. The fourth-order valence-corrected chi connectivity index (χ4v) is 3.23. The lowest BCUT2D eigenvalue weighted by molar-refractivity contribution is -0.121. The molecule has 0 bridgehead atoms. The van der Waals surface area contributed by atoms with E-state index >= 15 is 0 Å². The number of hydrogen-bond donors (Lipinski definition) is 2. The van der Waals surface area contributed by atoms with Crippen LogP contribution in [0, 0.1) is 5.92 Å². The van der Waals surface area contributed by atoms with Crippen molar-refractivity contribution in [1.29, 1.82) is 0 Å². The smallest absolute Gasteiger partial charge is 0.220 e. The molecule has 1 aromatic carbocycles. The molecule has 1 heterocycles. The van der Waals surface area contributed by atoms with Crippen molar-refractivity contribution in [3.05, 3.63) is 29.1 Å². The molecule has 100 valence electrons. The summed E-state index contributed by atoms with van der Waals surface area (Å²) in [5.74, 6) is 1.11. The highest BCUT2D eigenvalue weighted by Crippen LogP contribution is 2.32. The van der Waals surface area contributed by atoms with Gasteiger partial charge in [-0.05, 0) is 59.7 Å². The quantitative estimate of drug-likeness (QED) is 0.881. The highest BCUT2D eigenvalue weighted by molar-refractivity contribution is 7.17. The Morgan fingerprint density at radius 3 is 3.05 bits per heavy atom. The Hall–Kier alpha value is -1.55. The lowest BCUT2D eigenvalue weighted by atomic mass is 10.1. The first-order valence-electron chi connectivity index (χ1n) is 6.68. The summed E-state index contributed by atoms with van der Waals surface area (Å²) in [5.41, 5.74) is 1.20. The van der Waals surface area contributed by atoms with Crippen LogP contribution >= 0.6 is 11.3 Å². The van der Waals surface area contributed by atoms with Crippen molar-refractivity contribution < 1.29 is 9.90 Å². The number of phenols is 1. The van der Waals surface area contributed by atoms with Gasteiger partial charge in [0.1, 0.15) is 5.75 Å². The van der Waals surface area contributed by atoms with Gasteiger partial charge in [0, 0.05) is 17.7 Å². The van der Waals surface area contributed by atoms with Gasteiger partial charge in [-0.3, -0.25) is 4.79 Å². The molecular formula is C15H17NO2S. The lowest BCUT2D eigenvalue weighted by Gasteiger charge is -2.04. The number of benzene rings is 1. The SMILES string of the molecule is O=C(CC1CC1)NCCc1csc2ccc(O)cc12. The fraction of sp³-hybridized carbons (Fsp3) is 0.400. The van der Waals surface area contributed by atoms with E-state index < -0.39 is 0 Å². The van der Waals surface area contributed by atoms with Crippen LogP contribution in [-0.4, -0.2) is 17.6 Å². The third-order valence-corrected chi connectivity index (χ3v) is 4.54. The first kappa shape index (κ1) is 12.5. The highest BCUT2D eigenvalue weighted by atomic mass is 32.1. The van der Waals surface area contributed by atoms with E-state index in [9.17, 15) is 9.90 Å². The molecule has 1 fully saturated rings. The van der Waals surface area contributed by atoms with Crippen LogP contribution in [-0.2, 0) is 11.2 Å². The van der Waals surface area contributed by atoms with E-state index in [-0.39, 0.29) is 5.91 Å². The maximum absolute atomic E-state index is 11.6. The molecule has 4 heteroatoms. The largest absolute Gasteiger partial charge is 0.508 e. The normalized spacial score (nSPS) is 14.7. The van der Waals surface area contributed by atoms with Crippen LogP contribution in [0.5, 0.6) is 5.75 Å². The minimum atomic E-state index is 0.171.